The largest absolute Gasteiger partial charge is 0.462 e. The third-order valence-corrected chi connectivity index (χ3v) is 8.27. The maximum Gasteiger partial charge on any atom is 0.302 e. The number of benzene rings is 1. The second-order valence-corrected chi connectivity index (χ2v) is 9.50. The zero-order valence-corrected chi connectivity index (χ0v) is 17.2. The number of hydrogen-bond donors (Lipinski definition) is 0. The predicted molar refractivity (Wildman–Crippen MR) is 107 cm³/mol. The number of anilines is 1. The topological polar surface area (TPSA) is 76.2 Å². The Balaban J connectivity index is 1.54. The summed E-state index contributed by atoms with van der Waals surface area (Å²) < 4.78 is 11.6. The van der Waals surface area contributed by atoms with Crippen molar-refractivity contribution in [3.63, 3.8) is 0 Å². The lowest BCUT2D eigenvalue weighted by Crippen LogP contribution is -2.71. The van der Waals surface area contributed by atoms with Crippen molar-refractivity contribution in [1.82, 2.24) is 4.90 Å². The van der Waals surface area contributed by atoms with Crippen LogP contribution in [-0.4, -0.2) is 60.1 Å². The standard InChI is InChI=1S/C23H26N2O5/c1-12(26)29-17-10-20(28)25-16-6-4-3-5-15(16)23-7-8-24-11-18(30-13(2)27)14(9-19(23)24)21(17)22(23)25/h3-6,14,17-19,21-22H,7-11H2,1-2H3/t14-,17?,18-,19-,21?,22-,23+/m0/s1. The molecular formula is C23H26N2O5. The van der Waals surface area contributed by atoms with E-state index in [2.05, 4.69) is 23.1 Å². The molecule has 6 rings (SSSR count). The number of fused-ring (bicyclic) bond motifs is 4. The molecule has 7 atom stereocenters. The minimum Gasteiger partial charge on any atom is -0.462 e. The Morgan fingerprint density at radius 1 is 1.10 bits per heavy atom. The fourth-order valence-corrected chi connectivity index (χ4v) is 7.61. The van der Waals surface area contributed by atoms with Crippen molar-refractivity contribution in [3.05, 3.63) is 29.8 Å². The van der Waals surface area contributed by atoms with E-state index in [1.54, 1.807) is 0 Å². The monoisotopic (exact) mass is 410 g/mol. The third-order valence-electron chi connectivity index (χ3n) is 8.27. The fourth-order valence-electron chi connectivity index (χ4n) is 7.61. The molecule has 1 aromatic rings. The normalized spacial score (nSPS) is 40.6. The number of hydrogen-bond acceptors (Lipinski definition) is 6. The highest BCUT2D eigenvalue weighted by Crippen LogP contribution is 2.64. The minimum atomic E-state index is -0.474. The average molecular weight is 410 g/mol. The van der Waals surface area contributed by atoms with Crippen molar-refractivity contribution in [2.45, 2.75) is 62.8 Å². The van der Waals surface area contributed by atoms with Crippen LogP contribution in [0.1, 0.15) is 38.7 Å². The number of amides is 1. The van der Waals surface area contributed by atoms with Crippen molar-refractivity contribution in [2.24, 2.45) is 11.8 Å². The molecule has 0 N–H and O–H groups in total. The number of nitrogens with zero attached hydrogens (tertiary/aromatic N) is 2. The van der Waals surface area contributed by atoms with E-state index in [0.717, 1.165) is 25.1 Å². The third kappa shape index (κ3) is 2.16. The summed E-state index contributed by atoms with van der Waals surface area (Å²) in [5.74, 6) is -0.590. The molecule has 158 valence electrons. The first-order valence-electron chi connectivity index (χ1n) is 10.9. The molecule has 2 unspecified atom stereocenters. The SMILES string of the molecule is CC(=O)OC1CC(=O)N2c3ccccc3[C@]34CCN5C[C@H](OC(C)=O)[C@H](C[C@H]53)C1[C@H]24. The van der Waals surface area contributed by atoms with Crippen molar-refractivity contribution >= 4 is 23.5 Å². The van der Waals surface area contributed by atoms with Crippen LogP contribution in [0.4, 0.5) is 5.69 Å². The van der Waals surface area contributed by atoms with Gasteiger partial charge in [-0.05, 0) is 31.0 Å². The molecular weight excluding hydrogens is 384 g/mol. The number of para-hydroxylation sites is 1. The second-order valence-electron chi connectivity index (χ2n) is 9.50. The predicted octanol–water partition coefficient (Wildman–Crippen LogP) is 1.63. The maximum absolute atomic E-state index is 13.3. The highest BCUT2D eigenvalue weighted by atomic mass is 16.6. The van der Waals surface area contributed by atoms with Crippen LogP contribution in [0.3, 0.4) is 0 Å². The van der Waals surface area contributed by atoms with Crippen LogP contribution in [0.25, 0.3) is 0 Å². The summed E-state index contributed by atoms with van der Waals surface area (Å²) in [5.41, 5.74) is 2.12. The molecule has 7 nitrogen and oxygen atoms in total. The van der Waals surface area contributed by atoms with Gasteiger partial charge < -0.3 is 14.4 Å². The Bertz CT molecular complexity index is 963. The molecule has 4 fully saturated rings. The Labute approximate surface area is 175 Å². The number of ether oxygens (including phenoxy) is 2. The summed E-state index contributed by atoms with van der Waals surface area (Å²) in [7, 11) is 0. The van der Waals surface area contributed by atoms with Gasteiger partial charge in [-0.1, -0.05) is 18.2 Å². The zero-order chi connectivity index (χ0) is 20.8. The van der Waals surface area contributed by atoms with Crippen LogP contribution in [0.15, 0.2) is 24.3 Å². The molecule has 0 aromatic heterocycles. The maximum atomic E-state index is 13.3. The molecule has 2 bridgehead atoms. The van der Waals surface area contributed by atoms with E-state index in [4.69, 9.17) is 9.47 Å². The molecule has 1 spiro atoms. The van der Waals surface area contributed by atoms with Gasteiger partial charge in [-0.15, -0.1) is 0 Å². The van der Waals surface area contributed by atoms with Crippen LogP contribution >= 0.6 is 0 Å². The van der Waals surface area contributed by atoms with Gasteiger partial charge in [-0.25, -0.2) is 0 Å². The van der Waals surface area contributed by atoms with E-state index in [-0.39, 0.29) is 53.7 Å². The van der Waals surface area contributed by atoms with Gasteiger partial charge >= 0.3 is 11.9 Å². The molecule has 1 aliphatic carbocycles. The van der Waals surface area contributed by atoms with E-state index < -0.39 is 6.10 Å². The van der Waals surface area contributed by atoms with Gasteiger partial charge in [0.05, 0.1) is 12.5 Å². The zero-order valence-electron chi connectivity index (χ0n) is 17.2. The van der Waals surface area contributed by atoms with Crippen molar-refractivity contribution in [2.75, 3.05) is 18.0 Å². The Hall–Kier alpha value is -2.41. The fraction of sp³-hybridized carbons (Fsp3) is 0.609. The van der Waals surface area contributed by atoms with Crippen molar-refractivity contribution < 1.29 is 23.9 Å². The number of rotatable bonds is 2. The van der Waals surface area contributed by atoms with E-state index in [1.165, 1.54) is 19.4 Å². The summed E-state index contributed by atoms with van der Waals surface area (Å²) in [4.78, 5) is 41.6. The smallest absolute Gasteiger partial charge is 0.302 e. The molecule has 1 aromatic carbocycles. The van der Waals surface area contributed by atoms with Crippen molar-refractivity contribution in [1.29, 1.82) is 0 Å². The first-order chi connectivity index (χ1) is 14.4. The molecule has 0 radical (unpaired) electrons. The lowest BCUT2D eigenvalue weighted by molar-refractivity contribution is -0.177. The molecule has 30 heavy (non-hydrogen) atoms. The van der Waals surface area contributed by atoms with Gasteiger partial charge in [-0.3, -0.25) is 19.3 Å². The second kappa shape index (κ2) is 6.06. The Morgan fingerprint density at radius 2 is 1.83 bits per heavy atom. The Morgan fingerprint density at radius 3 is 2.60 bits per heavy atom. The van der Waals surface area contributed by atoms with Gasteiger partial charge in [0.2, 0.25) is 5.91 Å². The van der Waals surface area contributed by atoms with Gasteiger partial charge in [-0.2, -0.15) is 0 Å². The first-order valence-corrected chi connectivity index (χ1v) is 10.9. The molecule has 5 aliphatic rings. The number of carbonyl (C=O) groups is 3. The summed E-state index contributed by atoms with van der Waals surface area (Å²) in [5, 5.41) is 0. The lowest BCUT2D eigenvalue weighted by atomic mass is 9.53. The molecule has 4 heterocycles. The van der Waals surface area contributed by atoms with Crippen molar-refractivity contribution in [3.8, 4) is 0 Å². The van der Waals surface area contributed by atoms with Crippen LogP contribution in [0, 0.1) is 11.8 Å². The lowest BCUT2D eigenvalue weighted by Gasteiger charge is -2.59. The van der Waals surface area contributed by atoms with Crippen LogP contribution in [-0.2, 0) is 29.3 Å². The summed E-state index contributed by atoms with van der Waals surface area (Å²) >= 11 is 0. The Kier molecular flexibility index (Phi) is 3.71. The molecule has 1 saturated carbocycles. The first kappa shape index (κ1) is 18.4. The van der Waals surface area contributed by atoms with E-state index in [9.17, 15) is 14.4 Å². The molecule has 3 saturated heterocycles. The van der Waals surface area contributed by atoms with E-state index in [0.29, 0.717) is 12.6 Å². The summed E-state index contributed by atoms with van der Waals surface area (Å²) in [6, 6.07) is 8.54. The van der Waals surface area contributed by atoms with Crippen LogP contribution in [0.2, 0.25) is 0 Å². The van der Waals surface area contributed by atoms with E-state index >= 15 is 0 Å². The quantitative estimate of drug-likeness (QED) is 0.690. The summed E-state index contributed by atoms with van der Waals surface area (Å²) in [6.45, 7) is 4.49. The molecule has 1 amide bonds. The minimum absolute atomic E-state index is 0.0225. The van der Waals surface area contributed by atoms with Crippen LogP contribution < -0.4 is 4.90 Å². The highest BCUT2D eigenvalue weighted by Gasteiger charge is 2.72. The number of piperidine rings is 2. The number of carbonyl (C=O) groups excluding carboxylic acids is 3. The van der Waals surface area contributed by atoms with Gasteiger partial charge in [0.25, 0.3) is 0 Å². The summed E-state index contributed by atoms with van der Waals surface area (Å²) in [6.07, 6.45) is 1.33. The highest BCUT2D eigenvalue weighted by molar-refractivity contribution is 5.99. The average Bonchev–Trinajstić information content (AvgIpc) is 3.22. The van der Waals surface area contributed by atoms with Gasteiger partial charge in [0.15, 0.2) is 0 Å². The molecule has 4 aliphatic heterocycles. The molecule has 7 heteroatoms. The van der Waals surface area contributed by atoms with E-state index in [1.807, 2.05) is 11.0 Å². The van der Waals surface area contributed by atoms with Gasteiger partial charge in [0.1, 0.15) is 12.2 Å². The number of esters is 2. The van der Waals surface area contributed by atoms with Gasteiger partial charge in [0, 0.05) is 49.4 Å². The van der Waals surface area contributed by atoms with Crippen LogP contribution in [0.5, 0.6) is 0 Å².